The highest BCUT2D eigenvalue weighted by Gasteiger charge is 2.40. The SMILES string of the molecule is CC(C)C(C)(C)CN1C(=O)c2cc(F)c(F)cc2C1=O. The largest absolute Gasteiger partial charge is 0.274 e. The average molecular weight is 281 g/mol. The molecule has 2 amide bonds. The van der Waals surface area contributed by atoms with E-state index in [0.29, 0.717) is 0 Å². The van der Waals surface area contributed by atoms with E-state index in [9.17, 15) is 18.4 Å². The molecule has 0 radical (unpaired) electrons. The number of fused-ring (bicyclic) bond motifs is 1. The molecule has 1 heterocycles. The molecule has 0 bridgehead atoms. The van der Waals surface area contributed by atoms with Gasteiger partial charge in [-0.05, 0) is 23.5 Å². The Morgan fingerprint density at radius 3 is 1.80 bits per heavy atom. The summed E-state index contributed by atoms with van der Waals surface area (Å²) in [4.78, 5) is 25.4. The average Bonchev–Trinajstić information content (AvgIpc) is 2.55. The second-order valence-electron chi connectivity index (χ2n) is 6.15. The summed E-state index contributed by atoms with van der Waals surface area (Å²) in [5.74, 6) is -3.10. The van der Waals surface area contributed by atoms with Crippen LogP contribution in [-0.4, -0.2) is 23.3 Å². The van der Waals surface area contributed by atoms with Crippen molar-refractivity contribution in [2.24, 2.45) is 11.3 Å². The third-order valence-corrected chi connectivity index (χ3v) is 4.14. The Morgan fingerprint density at radius 1 is 1.05 bits per heavy atom. The Bertz CT molecular complexity index is 553. The first-order valence-corrected chi connectivity index (χ1v) is 6.50. The Hall–Kier alpha value is -1.78. The first-order chi connectivity index (χ1) is 9.15. The Balaban J connectivity index is 2.38. The van der Waals surface area contributed by atoms with E-state index in [2.05, 4.69) is 0 Å². The number of hydrogen-bond acceptors (Lipinski definition) is 2. The Labute approximate surface area is 116 Å². The van der Waals surface area contributed by atoms with Gasteiger partial charge in [0.25, 0.3) is 11.8 Å². The van der Waals surface area contributed by atoms with Gasteiger partial charge in [0.15, 0.2) is 11.6 Å². The zero-order valence-corrected chi connectivity index (χ0v) is 12.0. The summed E-state index contributed by atoms with van der Waals surface area (Å²) < 4.78 is 26.4. The molecule has 0 N–H and O–H groups in total. The van der Waals surface area contributed by atoms with E-state index in [-0.39, 0.29) is 29.0 Å². The van der Waals surface area contributed by atoms with Gasteiger partial charge in [0.05, 0.1) is 11.1 Å². The van der Waals surface area contributed by atoms with Crippen LogP contribution >= 0.6 is 0 Å². The van der Waals surface area contributed by atoms with E-state index in [1.54, 1.807) is 0 Å². The molecule has 0 spiro atoms. The van der Waals surface area contributed by atoms with Crippen LogP contribution in [0.4, 0.5) is 8.78 Å². The normalized spacial score (nSPS) is 15.2. The maximum absolute atomic E-state index is 13.2. The molecule has 0 atom stereocenters. The summed E-state index contributed by atoms with van der Waals surface area (Å²) >= 11 is 0. The van der Waals surface area contributed by atoms with Crippen molar-refractivity contribution in [1.82, 2.24) is 4.90 Å². The van der Waals surface area contributed by atoms with Crippen LogP contribution in [0.2, 0.25) is 0 Å². The fraction of sp³-hybridized carbons (Fsp3) is 0.467. The third kappa shape index (κ3) is 2.21. The zero-order valence-electron chi connectivity index (χ0n) is 12.0. The van der Waals surface area contributed by atoms with Crippen molar-refractivity contribution in [3.05, 3.63) is 34.9 Å². The Morgan fingerprint density at radius 2 is 1.45 bits per heavy atom. The highest BCUT2D eigenvalue weighted by Crippen LogP contribution is 2.32. The number of benzene rings is 1. The van der Waals surface area contributed by atoms with Gasteiger partial charge < -0.3 is 0 Å². The fourth-order valence-corrected chi connectivity index (χ4v) is 2.02. The molecule has 0 fully saturated rings. The first kappa shape index (κ1) is 14.6. The molecule has 1 aromatic carbocycles. The molecular weight excluding hydrogens is 264 g/mol. The Kier molecular flexibility index (Phi) is 3.40. The van der Waals surface area contributed by atoms with Crippen LogP contribution in [0.5, 0.6) is 0 Å². The molecular formula is C15H17F2NO2. The molecule has 1 aromatic rings. The predicted octanol–water partition coefficient (Wildman–Crippen LogP) is 3.24. The minimum Gasteiger partial charge on any atom is -0.274 e. The minimum absolute atomic E-state index is 0.0616. The van der Waals surface area contributed by atoms with Crippen LogP contribution in [0.3, 0.4) is 0 Å². The van der Waals surface area contributed by atoms with Crippen molar-refractivity contribution in [3.63, 3.8) is 0 Å². The smallest absolute Gasteiger partial charge is 0.261 e. The van der Waals surface area contributed by atoms with Crippen LogP contribution in [0.1, 0.15) is 48.4 Å². The van der Waals surface area contributed by atoms with Gasteiger partial charge in [-0.25, -0.2) is 8.78 Å². The number of rotatable bonds is 3. The summed E-state index contributed by atoms with van der Waals surface area (Å²) in [6, 6.07) is 1.60. The zero-order chi connectivity index (χ0) is 15.2. The van der Waals surface area contributed by atoms with E-state index in [4.69, 9.17) is 0 Å². The van der Waals surface area contributed by atoms with Crippen LogP contribution in [-0.2, 0) is 0 Å². The molecule has 1 aliphatic heterocycles. The second-order valence-corrected chi connectivity index (χ2v) is 6.15. The molecule has 1 aliphatic rings. The maximum atomic E-state index is 13.2. The molecule has 108 valence electrons. The number of amides is 2. The van der Waals surface area contributed by atoms with Crippen molar-refractivity contribution < 1.29 is 18.4 Å². The van der Waals surface area contributed by atoms with Crippen LogP contribution < -0.4 is 0 Å². The minimum atomic E-state index is -1.12. The van der Waals surface area contributed by atoms with Gasteiger partial charge in [-0.1, -0.05) is 27.7 Å². The molecule has 2 rings (SSSR count). The lowest BCUT2D eigenvalue weighted by Crippen LogP contribution is -2.40. The molecule has 5 heteroatoms. The number of halogens is 2. The fourth-order valence-electron chi connectivity index (χ4n) is 2.02. The monoisotopic (exact) mass is 281 g/mol. The molecule has 0 unspecified atom stereocenters. The lowest BCUT2D eigenvalue weighted by molar-refractivity contribution is 0.0553. The summed E-state index contributed by atoms with van der Waals surface area (Å²) in [6.07, 6.45) is 0. The van der Waals surface area contributed by atoms with Crippen LogP contribution in [0.15, 0.2) is 12.1 Å². The van der Waals surface area contributed by atoms with E-state index in [1.165, 1.54) is 0 Å². The molecule has 0 aliphatic carbocycles. The second kappa shape index (κ2) is 4.65. The highest BCUT2D eigenvalue weighted by molar-refractivity contribution is 6.21. The third-order valence-electron chi connectivity index (χ3n) is 4.14. The molecule has 0 saturated carbocycles. The van der Waals surface area contributed by atoms with Crippen molar-refractivity contribution in [1.29, 1.82) is 0 Å². The van der Waals surface area contributed by atoms with Crippen LogP contribution in [0, 0.1) is 23.0 Å². The summed E-state index contributed by atoms with van der Waals surface area (Å²) in [5, 5.41) is 0. The number of carbonyl (C=O) groups is 2. The predicted molar refractivity (Wildman–Crippen MR) is 70.3 cm³/mol. The van der Waals surface area contributed by atoms with Gasteiger partial charge >= 0.3 is 0 Å². The quantitative estimate of drug-likeness (QED) is 0.798. The summed E-state index contributed by atoms with van der Waals surface area (Å²) in [5.41, 5.74) is -0.397. The van der Waals surface area contributed by atoms with Gasteiger partial charge in [-0.2, -0.15) is 0 Å². The van der Waals surface area contributed by atoms with E-state index >= 15 is 0 Å². The number of hydrogen-bond donors (Lipinski definition) is 0. The molecule has 0 aromatic heterocycles. The number of imide groups is 1. The molecule has 20 heavy (non-hydrogen) atoms. The molecule has 3 nitrogen and oxygen atoms in total. The van der Waals surface area contributed by atoms with Crippen LogP contribution in [0.25, 0.3) is 0 Å². The topological polar surface area (TPSA) is 37.4 Å². The van der Waals surface area contributed by atoms with Gasteiger partial charge in [-0.15, -0.1) is 0 Å². The lowest BCUT2D eigenvalue weighted by atomic mass is 9.81. The van der Waals surface area contributed by atoms with E-state index in [1.807, 2.05) is 27.7 Å². The standard InChI is InChI=1S/C15H17F2NO2/c1-8(2)15(3,4)7-18-13(19)9-5-11(16)12(17)6-10(9)14(18)20/h5-6,8H,7H2,1-4H3. The first-order valence-electron chi connectivity index (χ1n) is 6.50. The summed E-state index contributed by atoms with van der Waals surface area (Å²) in [6.45, 7) is 8.11. The van der Waals surface area contributed by atoms with Gasteiger partial charge in [0, 0.05) is 6.54 Å². The number of carbonyl (C=O) groups excluding carboxylic acids is 2. The maximum Gasteiger partial charge on any atom is 0.261 e. The highest BCUT2D eigenvalue weighted by atomic mass is 19.2. The van der Waals surface area contributed by atoms with Gasteiger partial charge in [-0.3, -0.25) is 14.5 Å². The van der Waals surface area contributed by atoms with Crippen molar-refractivity contribution >= 4 is 11.8 Å². The van der Waals surface area contributed by atoms with Crippen molar-refractivity contribution in [3.8, 4) is 0 Å². The van der Waals surface area contributed by atoms with E-state index < -0.39 is 23.4 Å². The molecule has 0 saturated heterocycles. The lowest BCUT2D eigenvalue weighted by Gasteiger charge is -2.32. The van der Waals surface area contributed by atoms with E-state index in [0.717, 1.165) is 17.0 Å². The summed E-state index contributed by atoms with van der Waals surface area (Å²) in [7, 11) is 0. The number of nitrogens with zero attached hydrogens (tertiary/aromatic N) is 1. The van der Waals surface area contributed by atoms with Gasteiger partial charge in [0.2, 0.25) is 0 Å². The van der Waals surface area contributed by atoms with Crippen molar-refractivity contribution in [2.45, 2.75) is 27.7 Å². The van der Waals surface area contributed by atoms with Crippen molar-refractivity contribution in [2.75, 3.05) is 6.54 Å². The van der Waals surface area contributed by atoms with Gasteiger partial charge in [0.1, 0.15) is 0 Å².